The molecule has 0 radical (unpaired) electrons. The summed E-state index contributed by atoms with van der Waals surface area (Å²) in [5.74, 6) is 0.662. The molecule has 1 heterocycles. The summed E-state index contributed by atoms with van der Waals surface area (Å²) in [4.78, 5) is 6.52. The first-order chi connectivity index (χ1) is 9.08. The molecule has 0 fully saturated rings. The molecule has 4 heteroatoms. The van der Waals surface area contributed by atoms with Gasteiger partial charge in [0.25, 0.3) is 0 Å². The molecule has 1 aromatic carbocycles. The van der Waals surface area contributed by atoms with Crippen molar-refractivity contribution in [2.75, 3.05) is 11.9 Å². The zero-order valence-corrected chi connectivity index (χ0v) is 11.2. The molecule has 2 N–H and O–H groups in total. The largest absolute Gasteiger partial charge is 0.355 e. The Morgan fingerprint density at radius 1 is 1.16 bits per heavy atom. The molecule has 0 amide bonds. The van der Waals surface area contributed by atoms with Crippen molar-refractivity contribution in [3.63, 3.8) is 0 Å². The molecule has 0 saturated heterocycles. The highest BCUT2D eigenvalue weighted by Crippen LogP contribution is 2.16. The van der Waals surface area contributed by atoms with E-state index >= 15 is 0 Å². The van der Waals surface area contributed by atoms with Crippen molar-refractivity contribution in [1.29, 1.82) is 0 Å². The van der Waals surface area contributed by atoms with Gasteiger partial charge in [0.05, 0.1) is 0 Å². The minimum atomic E-state index is -0.217. The van der Waals surface area contributed by atoms with Crippen LogP contribution >= 0.6 is 0 Å². The van der Waals surface area contributed by atoms with Gasteiger partial charge in [-0.25, -0.2) is 9.37 Å². The molecular weight excluding hydrogens is 241 g/mol. The Morgan fingerprint density at radius 2 is 1.84 bits per heavy atom. The smallest absolute Gasteiger partial charge is 0.129 e. The lowest BCUT2D eigenvalue weighted by Gasteiger charge is -2.19. The summed E-state index contributed by atoms with van der Waals surface area (Å²) in [5.41, 5.74) is 8.72. The lowest BCUT2D eigenvalue weighted by atomic mass is 10.2. The van der Waals surface area contributed by atoms with E-state index in [0.29, 0.717) is 13.1 Å². The van der Waals surface area contributed by atoms with Gasteiger partial charge in [0, 0.05) is 25.8 Å². The predicted octanol–water partition coefficient (Wildman–Crippen LogP) is 2.62. The van der Waals surface area contributed by atoms with E-state index < -0.39 is 0 Å². The molecule has 0 aliphatic rings. The summed E-state index contributed by atoms with van der Waals surface area (Å²) >= 11 is 0. The average molecular weight is 259 g/mol. The SMILES string of the molecule is Cc1cc(CN)cc(N(C)Cc2ccc(F)cc2)n1. The van der Waals surface area contributed by atoms with Crippen LogP contribution in [-0.4, -0.2) is 12.0 Å². The number of rotatable bonds is 4. The van der Waals surface area contributed by atoms with Gasteiger partial charge < -0.3 is 10.6 Å². The van der Waals surface area contributed by atoms with Crippen LogP contribution in [0.1, 0.15) is 16.8 Å². The van der Waals surface area contributed by atoms with Crippen molar-refractivity contribution in [1.82, 2.24) is 4.98 Å². The maximum atomic E-state index is 12.9. The third-order valence-corrected chi connectivity index (χ3v) is 2.96. The molecular formula is C15H18FN3. The number of anilines is 1. The Bertz CT molecular complexity index is 552. The minimum Gasteiger partial charge on any atom is -0.355 e. The van der Waals surface area contributed by atoms with Gasteiger partial charge in [-0.3, -0.25) is 0 Å². The van der Waals surface area contributed by atoms with E-state index in [1.54, 1.807) is 12.1 Å². The lowest BCUT2D eigenvalue weighted by Crippen LogP contribution is -2.18. The molecule has 0 bridgehead atoms. The Kier molecular flexibility index (Phi) is 4.12. The summed E-state index contributed by atoms with van der Waals surface area (Å²) in [6, 6.07) is 10.5. The molecule has 19 heavy (non-hydrogen) atoms. The first-order valence-corrected chi connectivity index (χ1v) is 6.21. The summed E-state index contributed by atoms with van der Waals surface area (Å²) in [7, 11) is 1.96. The van der Waals surface area contributed by atoms with Crippen molar-refractivity contribution >= 4 is 5.82 Å². The third-order valence-electron chi connectivity index (χ3n) is 2.96. The van der Waals surface area contributed by atoms with Gasteiger partial charge in [-0.15, -0.1) is 0 Å². The second-order valence-corrected chi connectivity index (χ2v) is 4.66. The van der Waals surface area contributed by atoms with E-state index in [2.05, 4.69) is 4.98 Å². The van der Waals surface area contributed by atoms with Crippen molar-refractivity contribution < 1.29 is 4.39 Å². The van der Waals surface area contributed by atoms with Gasteiger partial charge >= 0.3 is 0 Å². The molecule has 0 saturated carbocycles. The van der Waals surface area contributed by atoms with Crippen LogP contribution < -0.4 is 10.6 Å². The Morgan fingerprint density at radius 3 is 2.47 bits per heavy atom. The second kappa shape index (κ2) is 5.80. The van der Waals surface area contributed by atoms with E-state index in [0.717, 1.165) is 22.6 Å². The zero-order valence-electron chi connectivity index (χ0n) is 11.2. The van der Waals surface area contributed by atoms with Crippen molar-refractivity contribution in [2.24, 2.45) is 5.73 Å². The highest BCUT2D eigenvalue weighted by molar-refractivity contribution is 5.42. The molecule has 3 nitrogen and oxygen atoms in total. The number of hydrogen-bond acceptors (Lipinski definition) is 3. The van der Waals surface area contributed by atoms with Crippen LogP contribution in [-0.2, 0) is 13.1 Å². The number of nitrogens with two attached hydrogens (primary N) is 1. The minimum absolute atomic E-state index is 0.217. The van der Waals surface area contributed by atoms with Crippen molar-refractivity contribution in [3.05, 3.63) is 59.0 Å². The van der Waals surface area contributed by atoms with Gasteiger partial charge in [0.2, 0.25) is 0 Å². The fraction of sp³-hybridized carbons (Fsp3) is 0.267. The van der Waals surface area contributed by atoms with Crippen LogP contribution in [0.4, 0.5) is 10.2 Å². The lowest BCUT2D eigenvalue weighted by molar-refractivity contribution is 0.627. The molecule has 1 aromatic heterocycles. The van der Waals surface area contributed by atoms with E-state index in [1.165, 1.54) is 12.1 Å². The van der Waals surface area contributed by atoms with E-state index in [9.17, 15) is 4.39 Å². The maximum absolute atomic E-state index is 12.9. The number of benzene rings is 1. The third kappa shape index (κ3) is 3.51. The molecule has 2 rings (SSSR count). The first-order valence-electron chi connectivity index (χ1n) is 6.21. The van der Waals surface area contributed by atoms with E-state index in [-0.39, 0.29) is 5.82 Å². The number of hydrogen-bond donors (Lipinski definition) is 1. The van der Waals surface area contributed by atoms with E-state index in [1.807, 2.05) is 31.0 Å². The Balaban J connectivity index is 2.17. The van der Waals surface area contributed by atoms with Crippen LogP contribution in [0, 0.1) is 12.7 Å². The summed E-state index contributed by atoms with van der Waals surface area (Å²) < 4.78 is 12.9. The number of aromatic nitrogens is 1. The van der Waals surface area contributed by atoms with Gasteiger partial charge in [0.15, 0.2) is 0 Å². The Hall–Kier alpha value is -1.94. The van der Waals surface area contributed by atoms with Crippen LogP contribution in [0.5, 0.6) is 0 Å². The molecule has 2 aromatic rings. The second-order valence-electron chi connectivity index (χ2n) is 4.66. The van der Waals surface area contributed by atoms with Crippen LogP contribution in [0.15, 0.2) is 36.4 Å². The number of aryl methyl sites for hydroxylation is 1. The summed E-state index contributed by atoms with van der Waals surface area (Å²) in [5, 5.41) is 0. The van der Waals surface area contributed by atoms with Gasteiger partial charge in [-0.2, -0.15) is 0 Å². The first kappa shape index (κ1) is 13.5. The quantitative estimate of drug-likeness (QED) is 0.917. The fourth-order valence-corrected chi connectivity index (χ4v) is 1.98. The van der Waals surface area contributed by atoms with Crippen molar-refractivity contribution in [2.45, 2.75) is 20.0 Å². The highest BCUT2D eigenvalue weighted by atomic mass is 19.1. The van der Waals surface area contributed by atoms with Crippen LogP contribution in [0.3, 0.4) is 0 Å². The molecule has 0 spiro atoms. The molecule has 0 aliphatic carbocycles. The zero-order chi connectivity index (χ0) is 13.8. The molecule has 0 atom stereocenters. The maximum Gasteiger partial charge on any atom is 0.129 e. The normalized spacial score (nSPS) is 10.5. The number of pyridine rings is 1. The van der Waals surface area contributed by atoms with Crippen molar-refractivity contribution in [3.8, 4) is 0 Å². The molecule has 0 aliphatic heterocycles. The van der Waals surface area contributed by atoms with Crippen LogP contribution in [0.25, 0.3) is 0 Å². The average Bonchev–Trinajstić information content (AvgIpc) is 2.40. The highest BCUT2D eigenvalue weighted by Gasteiger charge is 2.06. The van der Waals surface area contributed by atoms with Gasteiger partial charge in [-0.1, -0.05) is 12.1 Å². The Labute approximate surface area is 112 Å². The topological polar surface area (TPSA) is 42.1 Å². The number of nitrogens with zero attached hydrogens (tertiary/aromatic N) is 2. The predicted molar refractivity (Wildman–Crippen MR) is 75.4 cm³/mol. The summed E-state index contributed by atoms with van der Waals surface area (Å²) in [6.45, 7) is 3.13. The monoisotopic (exact) mass is 259 g/mol. The van der Waals surface area contributed by atoms with Crippen LogP contribution in [0.2, 0.25) is 0 Å². The van der Waals surface area contributed by atoms with Gasteiger partial charge in [0.1, 0.15) is 11.6 Å². The number of halogens is 1. The summed E-state index contributed by atoms with van der Waals surface area (Å²) in [6.07, 6.45) is 0. The molecule has 100 valence electrons. The van der Waals surface area contributed by atoms with Gasteiger partial charge in [-0.05, 0) is 42.3 Å². The molecule has 0 unspecified atom stereocenters. The standard InChI is InChI=1S/C15H18FN3/c1-11-7-13(9-17)8-15(18-11)19(2)10-12-3-5-14(16)6-4-12/h3-8H,9-10,17H2,1-2H3. The van der Waals surface area contributed by atoms with E-state index in [4.69, 9.17) is 5.73 Å². The fourth-order valence-electron chi connectivity index (χ4n) is 1.98.